The lowest BCUT2D eigenvalue weighted by molar-refractivity contribution is 0.239. The maximum atomic E-state index is 7.52. The van der Waals surface area contributed by atoms with Gasteiger partial charge in [0.2, 0.25) is 0 Å². The fraction of sp³-hybridized carbons (Fsp3) is 0.235. The van der Waals surface area contributed by atoms with Crippen molar-refractivity contribution in [1.82, 2.24) is 0 Å². The molecule has 21 heavy (non-hydrogen) atoms. The molecule has 0 amide bonds. The molecule has 4 nitrogen and oxygen atoms in total. The van der Waals surface area contributed by atoms with Crippen molar-refractivity contribution >= 4 is 11.5 Å². The number of rotatable bonds is 4. The Morgan fingerprint density at radius 3 is 2.86 bits per heavy atom. The lowest BCUT2D eigenvalue weighted by Gasteiger charge is -2.23. The van der Waals surface area contributed by atoms with Gasteiger partial charge in [0.15, 0.2) is 0 Å². The van der Waals surface area contributed by atoms with E-state index >= 15 is 0 Å². The Morgan fingerprint density at radius 1 is 1.29 bits per heavy atom. The van der Waals surface area contributed by atoms with E-state index < -0.39 is 0 Å². The van der Waals surface area contributed by atoms with Crippen molar-refractivity contribution < 1.29 is 4.74 Å². The summed E-state index contributed by atoms with van der Waals surface area (Å²) in [6.45, 7) is 0.802. The summed E-state index contributed by atoms with van der Waals surface area (Å²) < 4.78 is 5.97. The molecule has 3 N–H and O–H groups in total. The highest BCUT2D eigenvalue weighted by atomic mass is 16.5. The first-order chi connectivity index (χ1) is 10.1. The van der Waals surface area contributed by atoms with Gasteiger partial charge < -0.3 is 15.4 Å². The van der Waals surface area contributed by atoms with Crippen LogP contribution in [0.25, 0.3) is 0 Å². The van der Waals surface area contributed by atoms with Crippen LogP contribution in [0.2, 0.25) is 0 Å². The van der Waals surface area contributed by atoms with E-state index in [0.717, 1.165) is 30.0 Å². The number of nitrogens with zero attached hydrogens (tertiary/aromatic N) is 1. The number of hydrogen-bond acceptors (Lipinski definition) is 3. The third-order valence-corrected chi connectivity index (χ3v) is 3.79. The van der Waals surface area contributed by atoms with Crippen LogP contribution in [0.5, 0.6) is 5.75 Å². The molecule has 0 spiro atoms. The molecule has 2 aromatic carbocycles. The van der Waals surface area contributed by atoms with Gasteiger partial charge in [0.25, 0.3) is 0 Å². The Hall–Kier alpha value is -2.49. The van der Waals surface area contributed by atoms with E-state index in [4.69, 9.17) is 15.9 Å². The zero-order valence-electron chi connectivity index (χ0n) is 12.0. The van der Waals surface area contributed by atoms with E-state index in [-0.39, 0.29) is 11.9 Å². The molecule has 2 aromatic rings. The van der Waals surface area contributed by atoms with Crippen LogP contribution >= 0.6 is 0 Å². The molecule has 108 valence electrons. The molecule has 0 saturated carbocycles. The monoisotopic (exact) mass is 281 g/mol. The number of benzene rings is 2. The van der Waals surface area contributed by atoms with Crippen molar-refractivity contribution in [1.29, 1.82) is 5.41 Å². The summed E-state index contributed by atoms with van der Waals surface area (Å²) in [4.78, 5) is 2.14. The summed E-state index contributed by atoms with van der Waals surface area (Å²) in [5.41, 5.74) is 8.60. The predicted molar refractivity (Wildman–Crippen MR) is 85.3 cm³/mol. The van der Waals surface area contributed by atoms with E-state index in [1.807, 2.05) is 49.5 Å². The topological polar surface area (TPSA) is 62.3 Å². The smallest absolute Gasteiger partial charge is 0.123 e. The van der Waals surface area contributed by atoms with Crippen LogP contribution in [-0.4, -0.2) is 25.5 Å². The largest absolute Gasteiger partial charge is 0.488 e. The van der Waals surface area contributed by atoms with Crippen LogP contribution in [0.3, 0.4) is 0 Å². The second kappa shape index (κ2) is 5.48. The minimum Gasteiger partial charge on any atom is -0.488 e. The number of anilines is 1. The molecule has 1 aliphatic heterocycles. The van der Waals surface area contributed by atoms with Crippen molar-refractivity contribution in [2.75, 3.05) is 18.5 Å². The fourth-order valence-electron chi connectivity index (χ4n) is 2.68. The molecule has 4 heteroatoms. The first kappa shape index (κ1) is 13.5. The number of nitrogens with two attached hydrogens (primary N) is 1. The van der Waals surface area contributed by atoms with Crippen molar-refractivity contribution in [2.24, 2.45) is 5.73 Å². The average Bonchev–Trinajstić information content (AvgIpc) is 2.89. The van der Waals surface area contributed by atoms with Gasteiger partial charge in [-0.15, -0.1) is 0 Å². The number of likely N-dealkylation sites (N-methyl/N-ethyl adjacent to an activating group) is 1. The molecule has 3 rings (SSSR count). The standard InChI is InChI=1S/C17H19N3O/c1-20(14-7-4-6-13(9-14)17(18)19)11-15-10-12-5-2-3-8-16(12)21-15/h2-9,15H,10-11H2,1H3,(H3,18,19). The molecule has 1 atom stereocenters. The summed E-state index contributed by atoms with van der Waals surface area (Å²) in [6, 6.07) is 15.9. The minimum atomic E-state index is 0.0924. The molecule has 0 bridgehead atoms. The lowest BCUT2D eigenvalue weighted by atomic mass is 10.1. The van der Waals surface area contributed by atoms with Crippen LogP contribution in [0.1, 0.15) is 11.1 Å². The number of nitrogen functional groups attached to an aromatic ring is 1. The number of hydrogen-bond donors (Lipinski definition) is 2. The highest BCUT2D eigenvalue weighted by Crippen LogP contribution is 2.29. The minimum absolute atomic E-state index is 0.0924. The third-order valence-electron chi connectivity index (χ3n) is 3.79. The Bertz CT molecular complexity index is 644. The Balaban J connectivity index is 1.69. The second-order valence-electron chi connectivity index (χ2n) is 5.40. The molecule has 1 unspecified atom stereocenters. The first-order valence-corrected chi connectivity index (χ1v) is 7.03. The van der Waals surface area contributed by atoms with E-state index in [1.54, 1.807) is 0 Å². The van der Waals surface area contributed by atoms with Gasteiger partial charge in [-0.25, -0.2) is 0 Å². The molecule has 1 aliphatic rings. The maximum absolute atomic E-state index is 7.52. The van der Waals surface area contributed by atoms with Crippen molar-refractivity contribution in [2.45, 2.75) is 12.5 Å². The number of para-hydroxylation sites is 1. The predicted octanol–water partition coefficient (Wildman–Crippen LogP) is 2.41. The highest BCUT2D eigenvalue weighted by Gasteiger charge is 2.23. The molecule has 0 fully saturated rings. The summed E-state index contributed by atoms with van der Waals surface area (Å²) in [7, 11) is 2.03. The van der Waals surface area contributed by atoms with Crippen LogP contribution < -0.4 is 15.4 Å². The number of amidine groups is 1. The van der Waals surface area contributed by atoms with Gasteiger partial charge in [0.1, 0.15) is 17.7 Å². The first-order valence-electron chi connectivity index (χ1n) is 7.03. The number of ether oxygens (including phenoxy) is 1. The highest BCUT2D eigenvalue weighted by molar-refractivity contribution is 5.95. The Kier molecular flexibility index (Phi) is 3.52. The summed E-state index contributed by atoms with van der Waals surface area (Å²) in [5.74, 6) is 1.09. The quantitative estimate of drug-likeness (QED) is 0.668. The van der Waals surface area contributed by atoms with Crippen LogP contribution in [0, 0.1) is 5.41 Å². The summed E-state index contributed by atoms with van der Waals surface area (Å²) in [6.07, 6.45) is 1.10. The summed E-state index contributed by atoms with van der Waals surface area (Å²) in [5, 5.41) is 7.52. The van der Waals surface area contributed by atoms with Crippen molar-refractivity contribution in [3.8, 4) is 5.75 Å². The Morgan fingerprint density at radius 2 is 2.10 bits per heavy atom. The molecule has 0 aliphatic carbocycles. The number of fused-ring (bicyclic) bond motifs is 1. The molecule has 0 saturated heterocycles. The van der Waals surface area contributed by atoms with Gasteiger partial charge in [-0.1, -0.05) is 30.3 Å². The summed E-state index contributed by atoms with van der Waals surface area (Å²) >= 11 is 0. The van der Waals surface area contributed by atoms with Gasteiger partial charge >= 0.3 is 0 Å². The Labute approximate surface area is 124 Å². The van der Waals surface area contributed by atoms with Gasteiger partial charge in [-0.05, 0) is 23.8 Å². The zero-order chi connectivity index (χ0) is 14.8. The fourth-order valence-corrected chi connectivity index (χ4v) is 2.68. The molecule has 0 radical (unpaired) electrons. The number of nitrogens with one attached hydrogen (secondary N) is 1. The van der Waals surface area contributed by atoms with Gasteiger partial charge in [-0.3, -0.25) is 5.41 Å². The van der Waals surface area contributed by atoms with Gasteiger partial charge in [0, 0.05) is 24.7 Å². The molecular formula is C17H19N3O. The van der Waals surface area contributed by atoms with E-state index in [1.165, 1.54) is 5.56 Å². The van der Waals surface area contributed by atoms with Gasteiger partial charge in [-0.2, -0.15) is 0 Å². The van der Waals surface area contributed by atoms with Crippen LogP contribution in [0.4, 0.5) is 5.69 Å². The van der Waals surface area contributed by atoms with Crippen LogP contribution in [-0.2, 0) is 6.42 Å². The third kappa shape index (κ3) is 2.84. The SMILES string of the molecule is CN(CC1Cc2ccccc2O1)c1cccc(C(=N)N)c1. The van der Waals surface area contributed by atoms with Crippen molar-refractivity contribution in [3.05, 3.63) is 59.7 Å². The zero-order valence-corrected chi connectivity index (χ0v) is 12.0. The van der Waals surface area contributed by atoms with Crippen LogP contribution in [0.15, 0.2) is 48.5 Å². The van der Waals surface area contributed by atoms with E-state index in [9.17, 15) is 0 Å². The van der Waals surface area contributed by atoms with E-state index in [2.05, 4.69) is 11.0 Å². The maximum Gasteiger partial charge on any atom is 0.123 e. The van der Waals surface area contributed by atoms with E-state index in [0.29, 0.717) is 0 Å². The van der Waals surface area contributed by atoms with Crippen molar-refractivity contribution in [3.63, 3.8) is 0 Å². The second-order valence-corrected chi connectivity index (χ2v) is 5.40. The molecular weight excluding hydrogens is 262 g/mol. The van der Waals surface area contributed by atoms with Gasteiger partial charge in [0.05, 0.1) is 6.54 Å². The average molecular weight is 281 g/mol. The lowest BCUT2D eigenvalue weighted by Crippen LogP contribution is -2.32. The molecule has 1 heterocycles. The molecule has 0 aromatic heterocycles. The normalized spacial score (nSPS) is 16.1.